The van der Waals surface area contributed by atoms with Crippen molar-refractivity contribution in [3.63, 3.8) is 0 Å². The second-order valence-electron chi connectivity index (χ2n) is 5.63. The van der Waals surface area contributed by atoms with Gasteiger partial charge in [-0.25, -0.2) is 14.6 Å². The van der Waals surface area contributed by atoms with Gasteiger partial charge in [0, 0.05) is 13.6 Å². The quantitative estimate of drug-likeness (QED) is 0.301. The molecule has 3 rings (SSSR count). The summed E-state index contributed by atoms with van der Waals surface area (Å²) < 4.78 is 17.5. The molecule has 2 aromatic carbocycles. The first-order chi connectivity index (χ1) is 13.5. The van der Waals surface area contributed by atoms with Crippen LogP contribution < -0.4 is 4.74 Å². The highest BCUT2D eigenvalue weighted by molar-refractivity contribution is 14.1. The first-order valence-electron chi connectivity index (χ1n) is 8.32. The molecule has 28 heavy (non-hydrogen) atoms. The van der Waals surface area contributed by atoms with Gasteiger partial charge in [0.2, 0.25) is 5.90 Å². The molecule has 0 saturated carbocycles. The first-order valence-corrected chi connectivity index (χ1v) is 10.2. The number of benzene rings is 2. The van der Waals surface area contributed by atoms with Gasteiger partial charge < -0.3 is 14.2 Å². The number of nitrogens with zero attached hydrogens (tertiary/aromatic N) is 1. The molecular weight excluding hydrogens is 541 g/mol. The average molecular weight is 556 g/mol. The number of hydrogen-bond acceptors (Lipinski definition) is 6. The van der Waals surface area contributed by atoms with Gasteiger partial charge in [-0.15, -0.1) is 0 Å². The number of esters is 2. The molecule has 144 valence electrons. The van der Waals surface area contributed by atoms with Gasteiger partial charge >= 0.3 is 11.9 Å². The van der Waals surface area contributed by atoms with E-state index in [1.54, 1.807) is 37.3 Å². The van der Waals surface area contributed by atoms with Crippen LogP contribution in [-0.4, -0.2) is 31.1 Å². The Morgan fingerprint density at radius 1 is 1.29 bits per heavy atom. The summed E-state index contributed by atoms with van der Waals surface area (Å²) >= 11 is 5.65. The molecule has 0 atom stereocenters. The van der Waals surface area contributed by atoms with Gasteiger partial charge in [0.15, 0.2) is 12.3 Å². The zero-order valence-electron chi connectivity index (χ0n) is 14.8. The maximum Gasteiger partial charge on any atom is 0.363 e. The van der Waals surface area contributed by atoms with Crippen LogP contribution in [-0.2, 0) is 19.1 Å². The Morgan fingerprint density at radius 3 is 2.86 bits per heavy atom. The zero-order chi connectivity index (χ0) is 20.1. The maximum absolute atomic E-state index is 12.2. The van der Waals surface area contributed by atoms with Crippen LogP contribution in [0, 0.1) is 3.57 Å². The van der Waals surface area contributed by atoms with E-state index < -0.39 is 11.9 Å². The van der Waals surface area contributed by atoms with Gasteiger partial charge in [0.25, 0.3) is 0 Å². The van der Waals surface area contributed by atoms with E-state index in [1.807, 2.05) is 18.2 Å². The van der Waals surface area contributed by atoms with Crippen LogP contribution in [0.4, 0.5) is 0 Å². The van der Waals surface area contributed by atoms with E-state index in [0.717, 1.165) is 8.04 Å². The van der Waals surface area contributed by atoms with Gasteiger partial charge in [-0.2, -0.15) is 0 Å². The Morgan fingerprint density at radius 2 is 2.11 bits per heavy atom. The minimum Gasteiger partial charge on any atom is -0.482 e. The lowest BCUT2D eigenvalue weighted by atomic mass is 10.2. The molecule has 1 heterocycles. The third-order valence-corrected chi connectivity index (χ3v) is 5.95. The molecule has 1 aliphatic rings. The number of rotatable bonds is 6. The second kappa shape index (κ2) is 9.33. The molecular formula is C20H15BrINO5. The molecule has 0 unspecified atom stereocenters. The third-order valence-electron chi connectivity index (χ3n) is 3.61. The fraction of sp³-hybridized carbons (Fsp3) is 0.150. The van der Waals surface area contributed by atoms with E-state index in [-0.39, 0.29) is 18.2 Å². The summed E-state index contributed by atoms with van der Waals surface area (Å²) in [6.45, 7) is 1.85. The number of aliphatic imine (C=N–C) groups is 1. The highest BCUT2D eigenvalue weighted by Gasteiger charge is 2.24. The number of hydrogen-bond donors (Lipinski definition) is 0. The molecule has 1 aliphatic heterocycles. The average Bonchev–Trinajstić information content (AvgIpc) is 3.03. The van der Waals surface area contributed by atoms with E-state index >= 15 is 0 Å². The van der Waals surface area contributed by atoms with Gasteiger partial charge in [-0.3, -0.25) is 0 Å². The topological polar surface area (TPSA) is 74.2 Å². The Labute approximate surface area is 183 Å². The number of carbonyl (C=O) groups excluding carboxylic acids is 2. The van der Waals surface area contributed by atoms with Crippen LogP contribution in [0.2, 0.25) is 0 Å². The van der Waals surface area contributed by atoms with E-state index in [0.29, 0.717) is 23.5 Å². The molecule has 0 amide bonds. The third kappa shape index (κ3) is 5.20. The first kappa shape index (κ1) is 20.5. The van der Waals surface area contributed by atoms with Crippen LogP contribution in [0.25, 0.3) is 6.08 Å². The number of halogens is 2. The van der Waals surface area contributed by atoms with Gasteiger partial charge in [-0.05, 0) is 87.4 Å². The van der Waals surface area contributed by atoms with Crippen molar-refractivity contribution in [2.24, 2.45) is 4.99 Å². The lowest BCUT2D eigenvalue weighted by Gasteiger charge is -2.06. The van der Waals surface area contributed by atoms with Crippen molar-refractivity contribution in [2.45, 2.75) is 6.92 Å². The molecule has 2 aromatic rings. The monoisotopic (exact) mass is 555 g/mol. The Bertz CT molecular complexity index is 986. The molecule has 0 fully saturated rings. The lowest BCUT2D eigenvalue weighted by Crippen LogP contribution is -2.14. The molecule has 6 nitrogen and oxygen atoms in total. The summed E-state index contributed by atoms with van der Waals surface area (Å²) in [5, 5.41) is 0. The highest BCUT2D eigenvalue weighted by Crippen LogP contribution is 2.25. The standard InChI is InChI=1S/C20H15BrINO5/c1-2-26-18(24)11-27-14-5-3-4-12(8-14)9-17-20(25)28-19(23-17)13-6-7-16(22)15(21)10-13/h3-10H,2,11H2,1H3/b17-9-. The number of ether oxygens (including phenoxy) is 3. The van der Waals surface area contributed by atoms with Crippen molar-refractivity contribution in [1.82, 2.24) is 0 Å². The van der Waals surface area contributed by atoms with Crippen LogP contribution >= 0.6 is 38.5 Å². The minimum absolute atomic E-state index is 0.181. The van der Waals surface area contributed by atoms with Gasteiger partial charge in [0.05, 0.1) is 6.61 Å². The van der Waals surface area contributed by atoms with Crippen LogP contribution in [0.15, 0.2) is 57.6 Å². The van der Waals surface area contributed by atoms with Crippen LogP contribution in [0.5, 0.6) is 5.75 Å². The molecule has 0 radical (unpaired) electrons. The normalized spacial score (nSPS) is 14.6. The predicted octanol–water partition coefficient (Wildman–Crippen LogP) is 4.34. The van der Waals surface area contributed by atoms with Crippen LogP contribution in [0.1, 0.15) is 18.1 Å². The lowest BCUT2D eigenvalue weighted by molar-refractivity contribution is -0.145. The predicted molar refractivity (Wildman–Crippen MR) is 116 cm³/mol. The molecule has 0 spiro atoms. The van der Waals surface area contributed by atoms with Gasteiger partial charge in [0.1, 0.15) is 5.75 Å². The highest BCUT2D eigenvalue weighted by atomic mass is 127. The molecule has 0 aromatic heterocycles. The van der Waals surface area contributed by atoms with E-state index in [1.165, 1.54) is 0 Å². The fourth-order valence-electron chi connectivity index (χ4n) is 2.36. The summed E-state index contributed by atoms with van der Waals surface area (Å²) in [5.41, 5.74) is 1.59. The Kier molecular flexibility index (Phi) is 6.84. The van der Waals surface area contributed by atoms with Crippen molar-refractivity contribution in [1.29, 1.82) is 0 Å². The van der Waals surface area contributed by atoms with Crippen molar-refractivity contribution >= 4 is 62.4 Å². The Hall–Kier alpha value is -2.20. The van der Waals surface area contributed by atoms with Crippen molar-refractivity contribution in [3.8, 4) is 5.75 Å². The second-order valence-corrected chi connectivity index (χ2v) is 7.65. The molecule has 0 aliphatic carbocycles. The van der Waals surface area contributed by atoms with Gasteiger partial charge in [-0.1, -0.05) is 12.1 Å². The maximum atomic E-state index is 12.2. The van der Waals surface area contributed by atoms with Crippen molar-refractivity contribution < 1.29 is 23.8 Å². The number of cyclic esters (lactones) is 1. The van der Waals surface area contributed by atoms with Crippen molar-refractivity contribution in [2.75, 3.05) is 13.2 Å². The summed E-state index contributed by atoms with van der Waals surface area (Å²) in [6.07, 6.45) is 1.61. The fourth-order valence-corrected chi connectivity index (χ4v) is 3.07. The molecule has 0 N–H and O–H groups in total. The summed E-state index contributed by atoms with van der Waals surface area (Å²) in [7, 11) is 0. The van der Waals surface area contributed by atoms with Crippen molar-refractivity contribution in [3.05, 3.63) is 67.3 Å². The van der Waals surface area contributed by atoms with E-state index in [2.05, 4.69) is 43.5 Å². The van der Waals surface area contributed by atoms with Crippen LogP contribution in [0.3, 0.4) is 0 Å². The van der Waals surface area contributed by atoms with E-state index in [4.69, 9.17) is 14.2 Å². The summed E-state index contributed by atoms with van der Waals surface area (Å²) in [4.78, 5) is 27.9. The zero-order valence-corrected chi connectivity index (χ0v) is 18.5. The smallest absolute Gasteiger partial charge is 0.363 e. The number of carbonyl (C=O) groups is 2. The Balaban J connectivity index is 1.78. The SMILES string of the molecule is CCOC(=O)COc1cccc(/C=C2\N=C(c3ccc(I)c(Br)c3)OC2=O)c1. The molecule has 0 bridgehead atoms. The summed E-state index contributed by atoms with van der Waals surface area (Å²) in [6, 6.07) is 12.6. The largest absolute Gasteiger partial charge is 0.482 e. The molecule has 8 heteroatoms. The van der Waals surface area contributed by atoms with E-state index in [9.17, 15) is 9.59 Å². The minimum atomic E-state index is -0.525. The molecule has 0 saturated heterocycles. The summed E-state index contributed by atoms with van der Waals surface area (Å²) in [5.74, 6) is -0.228.